The van der Waals surface area contributed by atoms with Crippen LogP contribution in [0.5, 0.6) is 5.75 Å². The third kappa shape index (κ3) is 1.50. The summed E-state index contributed by atoms with van der Waals surface area (Å²) in [5, 5.41) is 10.4. The Morgan fingerprint density at radius 2 is 2.20 bits per heavy atom. The van der Waals surface area contributed by atoms with Crippen LogP contribution in [-0.2, 0) is 4.74 Å². The van der Waals surface area contributed by atoms with E-state index in [0.29, 0.717) is 5.52 Å². The van der Waals surface area contributed by atoms with Crippen LogP contribution in [0.25, 0.3) is 10.9 Å². The molecule has 2 rings (SSSR count). The SMILES string of the molecule is COC(=O)c1c(O)ccc2cccnc12. The Kier molecular flexibility index (Phi) is 2.25. The molecule has 15 heavy (non-hydrogen) atoms. The summed E-state index contributed by atoms with van der Waals surface area (Å²) in [6, 6.07) is 6.73. The first-order valence-electron chi connectivity index (χ1n) is 4.39. The van der Waals surface area contributed by atoms with Crippen molar-refractivity contribution in [3.05, 3.63) is 36.0 Å². The van der Waals surface area contributed by atoms with Crippen molar-refractivity contribution in [2.75, 3.05) is 7.11 Å². The summed E-state index contributed by atoms with van der Waals surface area (Å²) in [7, 11) is 1.27. The van der Waals surface area contributed by atoms with Crippen LogP contribution in [0.3, 0.4) is 0 Å². The van der Waals surface area contributed by atoms with Crippen LogP contribution in [0.4, 0.5) is 0 Å². The molecule has 76 valence electrons. The molecular formula is C11H9NO3. The molecule has 1 aromatic carbocycles. The average molecular weight is 203 g/mol. The van der Waals surface area contributed by atoms with Gasteiger partial charge in [-0.05, 0) is 18.2 Å². The van der Waals surface area contributed by atoms with E-state index in [0.717, 1.165) is 5.39 Å². The van der Waals surface area contributed by atoms with E-state index in [2.05, 4.69) is 9.72 Å². The van der Waals surface area contributed by atoms with Crippen LogP contribution in [0.2, 0.25) is 0 Å². The lowest BCUT2D eigenvalue weighted by Crippen LogP contribution is -2.03. The van der Waals surface area contributed by atoms with E-state index < -0.39 is 5.97 Å². The van der Waals surface area contributed by atoms with Crippen LogP contribution < -0.4 is 0 Å². The summed E-state index contributed by atoms with van der Waals surface area (Å²) in [6.07, 6.45) is 1.56. The number of hydrogen-bond acceptors (Lipinski definition) is 4. The molecule has 0 bridgehead atoms. The lowest BCUT2D eigenvalue weighted by Gasteiger charge is -2.05. The molecule has 0 spiro atoms. The van der Waals surface area contributed by atoms with Crippen LogP contribution in [0.1, 0.15) is 10.4 Å². The van der Waals surface area contributed by atoms with Crippen molar-refractivity contribution in [3.63, 3.8) is 0 Å². The Balaban J connectivity index is 2.79. The maximum atomic E-state index is 11.4. The number of esters is 1. The molecule has 0 aliphatic heterocycles. The summed E-state index contributed by atoms with van der Waals surface area (Å²) in [6.45, 7) is 0. The van der Waals surface area contributed by atoms with Crippen molar-refractivity contribution in [2.24, 2.45) is 0 Å². The summed E-state index contributed by atoms with van der Waals surface area (Å²) in [5.74, 6) is -0.704. The minimum atomic E-state index is -0.586. The molecule has 1 aromatic heterocycles. The third-order valence-corrected chi connectivity index (χ3v) is 2.14. The predicted octanol–water partition coefficient (Wildman–Crippen LogP) is 1.73. The van der Waals surface area contributed by atoms with Crippen LogP contribution >= 0.6 is 0 Å². The first-order valence-corrected chi connectivity index (χ1v) is 4.39. The molecule has 0 unspecified atom stereocenters. The van der Waals surface area contributed by atoms with Gasteiger partial charge in [-0.25, -0.2) is 4.79 Å². The van der Waals surface area contributed by atoms with Crippen molar-refractivity contribution in [1.29, 1.82) is 0 Å². The van der Waals surface area contributed by atoms with Gasteiger partial charge in [0.2, 0.25) is 0 Å². The number of pyridine rings is 1. The van der Waals surface area contributed by atoms with Crippen LogP contribution in [0, 0.1) is 0 Å². The highest BCUT2D eigenvalue weighted by Crippen LogP contribution is 2.25. The molecule has 0 aliphatic carbocycles. The van der Waals surface area contributed by atoms with Crippen molar-refractivity contribution in [2.45, 2.75) is 0 Å². The number of phenols is 1. The third-order valence-electron chi connectivity index (χ3n) is 2.14. The zero-order valence-electron chi connectivity index (χ0n) is 8.10. The molecule has 4 heteroatoms. The van der Waals surface area contributed by atoms with E-state index in [-0.39, 0.29) is 11.3 Å². The van der Waals surface area contributed by atoms with Gasteiger partial charge in [0.05, 0.1) is 12.6 Å². The first kappa shape index (κ1) is 9.45. The van der Waals surface area contributed by atoms with Crippen LogP contribution in [-0.4, -0.2) is 23.2 Å². The molecule has 0 saturated heterocycles. The number of nitrogens with zero attached hydrogens (tertiary/aromatic N) is 1. The summed E-state index contributed by atoms with van der Waals surface area (Å²) < 4.78 is 4.59. The van der Waals surface area contributed by atoms with E-state index in [4.69, 9.17) is 0 Å². The molecule has 2 aromatic rings. The van der Waals surface area contributed by atoms with Gasteiger partial charge in [-0.1, -0.05) is 6.07 Å². The number of hydrogen-bond donors (Lipinski definition) is 1. The monoisotopic (exact) mass is 203 g/mol. The van der Waals surface area contributed by atoms with Gasteiger partial charge in [-0.15, -0.1) is 0 Å². The highest BCUT2D eigenvalue weighted by Gasteiger charge is 2.16. The number of benzene rings is 1. The smallest absolute Gasteiger partial charge is 0.343 e. The largest absolute Gasteiger partial charge is 0.507 e. The fraction of sp³-hybridized carbons (Fsp3) is 0.0909. The number of carbonyl (C=O) groups is 1. The Labute approximate surface area is 86.1 Å². The van der Waals surface area contributed by atoms with Gasteiger partial charge in [0.1, 0.15) is 11.3 Å². The predicted molar refractivity (Wildman–Crippen MR) is 54.7 cm³/mol. The van der Waals surface area contributed by atoms with Gasteiger partial charge < -0.3 is 9.84 Å². The number of aromatic nitrogens is 1. The standard InChI is InChI=1S/C11H9NO3/c1-15-11(14)9-8(13)5-4-7-3-2-6-12-10(7)9/h2-6,13H,1H3. The number of aromatic hydroxyl groups is 1. The van der Waals surface area contributed by atoms with Gasteiger partial charge in [0.15, 0.2) is 0 Å². The second kappa shape index (κ2) is 3.57. The topological polar surface area (TPSA) is 59.4 Å². The maximum absolute atomic E-state index is 11.4. The summed E-state index contributed by atoms with van der Waals surface area (Å²) in [5.41, 5.74) is 0.556. The maximum Gasteiger partial charge on any atom is 0.343 e. The molecule has 0 amide bonds. The van der Waals surface area contributed by atoms with Gasteiger partial charge in [-0.3, -0.25) is 4.98 Å². The van der Waals surface area contributed by atoms with Gasteiger partial charge in [-0.2, -0.15) is 0 Å². The van der Waals surface area contributed by atoms with Crippen molar-refractivity contribution >= 4 is 16.9 Å². The minimum absolute atomic E-state index is 0.107. The Bertz CT molecular complexity index is 522. The molecule has 4 nitrogen and oxygen atoms in total. The molecule has 1 N–H and O–H groups in total. The normalized spacial score (nSPS) is 10.2. The van der Waals surface area contributed by atoms with E-state index in [1.165, 1.54) is 13.2 Å². The fourth-order valence-corrected chi connectivity index (χ4v) is 1.44. The number of ether oxygens (including phenoxy) is 1. The minimum Gasteiger partial charge on any atom is -0.507 e. The van der Waals surface area contributed by atoms with Crippen molar-refractivity contribution in [3.8, 4) is 5.75 Å². The Morgan fingerprint density at radius 3 is 2.93 bits per heavy atom. The van der Waals surface area contributed by atoms with E-state index >= 15 is 0 Å². The second-order valence-corrected chi connectivity index (χ2v) is 3.03. The van der Waals surface area contributed by atoms with E-state index in [1.807, 2.05) is 6.07 Å². The van der Waals surface area contributed by atoms with Gasteiger partial charge in [0.25, 0.3) is 0 Å². The second-order valence-electron chi connectivity index (χ2n) is 3.03. The number of rotatable bonds is 1. The molecule has 0 atom stereocenters. The zero-order valence-corrected chi connectivity index (χ0v) is 8.10. The number of carbonyl (C=O) groups excluding carboxylic acids is 1. The molecule has 0 fully saturated rings. The van der Waals surface area contributed by atoms with Crippen molar-refractivity contribution < 1.29 is 14.6 Å². The zero-order chi connectivity index (χ0) is 10.8. The Hall–Kier alpha value is -2.10. The van der Waals surface area contributed by atoms with Crippen LogP contribution in [0.15, 0.2) is 30.5 Å². The van der Waals surface area contributed by atoms with E-state index in [9.17, 15) is 9.90 Å². The van der Waals surface area contributed by atoms with E-state index in [1.54, 1.807) is 18.3 Å². The lowest BCUT2D eigenvalue weighted by molar-refractivity contribution is 0.0599. The molecule has 1 heterocycles. The number of fused-ring (bicyclic) bond motifs is 1. The van der Waals surface area contributed by atoms with Gasteiger partial charge >= 0.3 is 5.97 Å². The molecular weight excluding hydrogens is 194 g/mol. The quantitative estimate of drug-likeness (QED) is 0.717. The number of phenolic OH excluding ortho intramolecular Hbond substituents is 1. The molecule has 0 saturated carbocycles. The summed E-state index contributed by atoms with van der Waals surface area (Å²) >= 11 is 0. The highest BCUT2D eigenvalue weighted by atomic mass is 16.5. The van der Waals surface area contributed by atoms with Crippen molar-refractivity contribution in [1.82, 2.24) is 4.98 Å². The highest BCUT2D eigenvalue weighted by molar-refractivity contribution is 6.05. The molecule has 0 aliphatic rings. The fourth-order valence-electron chi connectivity index (χ4n) is 1.44. The number of methoxy groups -OCH3 is 1. The molecule has 0 radical (unpaired) electrons. The summed E-state index contributed by atoms with van der Waals surface area (Å²) in [4.78, 5) is 15.5. The Morgan fingerprint density at radius 1 is 1.40 bits per heavy atom. The lowest BCUT2D eigenvalue weighted by atomic mass is 10.1. The first-order chi connectivity index (χ1) is 7.24. The average Bonchev–Trinajstić information content (AvgIpc) is 2.28. The van der Waals surface area contributed by atoms with Gasteiger partial charge in [0, 0.05) is 11.6 Å².